The van der Waals surface area contributed by atoms with Crippen molar-refractivity contribution in [2.45, 2.75) is 12.6 Å². The summed E-state index contributed by atoms with van der Waals surface area (Å²) in [7, 11) is 0. The minimum atomic E-state index is -4.34. The predicted octanol–water partition coefficient (Wildman–Crippen LogP) is 1.76. The Labute approximate surface area is 124 Å². The van der Waals surface area contributed by atoms with Gasteiger partial charge < -0.3 is 14.5 Å². The van der Waals surface area contributed by atoms with Gasteiger partial charge >= 0.3 is 6.18 Å². The van der Waals surface area contributed by atoms with E-state index in [9.17, 15) is 18.0 Å². The van der Waals surface area contributed by atoms with Gasteiger partial charge in [-0.15, -0.1) is 11.3 Å². The Morgan fingerprint density at radius 2 is 2.05 bits per heavy atom. The van der Waals surface area contributed by atoms with Crippen molar-refractivity contribution in [1.82, 2.24) is 9.88 Å². The third-order valence-electron chi connectivity index (χ3n) is 3.05. The number of hydrogen-bond acceptors (Lipinski definition) is 5. The van der Waals surface area contributed by atoms with Crippen molar-refractivity contribution < 1.29 is 22.7 Å². The van der Waals surface area contributed by atoms with Crippen LogP contribution in [0.25, 0.3) is 0 Å². The Balaban J connectivity index is 1.66. The van der Waals surface area contributed by atoms with Crippen LogP contribution in [-0.2, 0) is 9.53 Å². The van der Waals surface area contributed by atoms with Gasteiger partial charge in [0.15, 0.2) is 5.13 Å². The number of thiazole rings is 1. The van der Waals surface area contributed by atoms with E-state index in [1.54, 1.807) is 22.4 Å². The zero-order valence-electron chi connectivity index (χ0n) is 11.3. The van der Waals surface area contributed by atoms with E-state index < -0.39 is 12.8 Å². The van der Waals surface area contributed by atoms with Crippen LogP contribution in [0.4, 0.5) is 18.3 Å². The predicted molar refractivity (Wildman–Crippen MR) is 72.4 cm³/mol. The fraction of sp³-hybridized carbons (Fsp3) is 0.667. The van der Waals surface area contributed by atoms with Crippen molar-refractivity contribution in [3.8, 4) is 0 Å². The summed E-state index contributed by atoms with van der Waals surface area (Å²) in [4.78, 5) is 19.8. The minimum absolute atomic E-state index is 0.0205. The number of rotatable bonds is 5. The lowest BCUT2D eigenvalue weighted by molar-refractivity contribution is -0.175. The number of carbonyl (C=O) groups is 1. The molecule has 0 spiro atoms. The number of halogens is 3. The molecule has 1 aliphatic rings. The van der Waals surface area contributed by atoms with Gasteiger partial charge in [-0.05, 0) is 0 Å². The van der Waals surface area contributed by atoms with Crippen LogP contribution >= 0.6 is 11.3 Å². The summed E-state index contributed by atoms with van der Waals surface area (Å²) in [5.74, 6) is -0.170. The third kappa shape index (κ3) is 5.16. The van der Waals surface area contributed by atoms with E-state index in [1.165, 1.54) is 0 Å². The number of nitrogens with zero attached hydrogens (tertiary/aromatic N) is 3. The van der Waals surface area contributed by atoms with E-state index in [-0.39, 0.29) is 18.9 Å². The number of ether oxygens (including phenoxy) is 1. The van der Waals surface area contributed by atoms with Crippen molar-refractivity contribution in [2.24, 2.45) is 0 Å². The molecule has 118 valence electrons. The number of alkyl halides is 3. The molecule has 0 unspecified atom stereocenters. The second kappa shape index (κ2) is 7.08. The Kier molecular flexibility index (Phi) is 5.40. The maximum Gasteiger partial charge on any atom is 0.411 e. The van der Waals surface area contributed by atoms with Gasteiger partial charge in [0.1, 0.15) is 6.61 Å². The van der Waals surface area contributed by atoms with Crippen LogP contribution in [0, 0.1) is 0 Å². The molecule has 0 aliphatic carbocycles. The van der Waals surface area contributed by atoms with Gasteiger partial charge in [-0.1, -0.05) is 0 Å². The largest absolute Gasteiger partial charge is 0.411 e. The molecule has 2 rings (SSSR count). The molecular formula is C12H16F3N3O2S. The highest BCUT2D eigenvalue weighted by Gasteiger charge is 2.28. The second-order valence-corrected chi connectivity index (χ2v) is 5.47. The molecule has 2 heterocycles. The molecule has 1 aliphatic heterocycles. The van der Waals surface area contributed by atoms with Crippen LogP contribution in [0.1, 0.15) is 6.42 Å². The summed E-state index contributed by atoms with van der Waals surface area (Å²) >= 11 is 1.54. The molecule has 9 heteroatoms. The van der Waals surface area contributed by atoms with Crippen molar-refractivity contribution >= 4 is 22.4 Å². The van der Waals surface area contributed by atoms with Gasteiger partial charge in [0.25, 0.3) is 0 Å². The van der Waals surface area contributed by atoms with E-state index in [1.807, 2.05) is 5.38 Å². The van der Waals surface area contributed by atoms with Crippen LogP contribution in [0.2, 0.25) is 0 Å². The van der Waals surface area contributed by atoms with E-state index in [2.05, 4.69) is 14.6 Å². The molecule has 1 saturated heterocycles. The zero-order chi connectivity index (χ0) is 15.3. The number of piperazine rings is 1. The average molecular weight is 323 g/mol. The van der Waals surface area contributed by atoms with Crippen molar-refractivity contribution in [2.75, 3.05) is 44.3 Å². The fourth-order valence-electron chi connectivity index (χ4n) is 2.02. The summed E-state index contributed by atoms with van der Waals surface area (Å²) in [6.07, 6.45) is -2.63. The average Bonchev–Trinajstić information content (AvgIpc) is 2.96. The standard InChI is InChI=1S/C12H16F3N3O2S/c13-12(14,15)9-20-7-1-10(19)17-3-5-18(6-4-17)11-16-2-8-21-11/h2,8H,1,3-7,9H2. The Hall–Kier alpha value is -1.35. The molecule has 0 N–H and O–H groups in total. The molecule has 0 bridgehead atoms. The third-order valence-corrected chi connectivity index (χ3v) is 3.88. The monoisotopic (exact) mass is 323 g/mol. The lowest BCUT2D eigenvalue weighted by atomic mass is 10.3. The van der Waals surface area contributed by atoms with Crippen LogP contribution in [0.3, 0.4) is 0 Å². The number of anilines is 1. The topological polar surface area (TPSA) is 45.7 Å². The number of aromatic nitrogens is 1. The molecule has 0 saturated carbocycles. The Morgan fingerprint density at radius 1 is 1.33 bits per heavy atom. The fourth-order valence-corrected chi connectivity index (χ4v) is 2.72. The SMILES string of the molecule is O=C(CCOCC(F)(F)F)N1CCN(c2nccs2)CC1. The molecule has 21 heavy (non-hydrogen) atoms. The zero-order valence-corrected chi connectivity index (χ0v) is 12.1. The first-order valence-corrected chi connectivity index (χ1v) is 7.40. The first-order valence-electron chi connectivity index (χ1n) is 6.52. The minimum Gasteiger partial charge on any atom is -0.372 e. The van der Waals surface area contributed by atoms with Crippen LogP contribution < -0.4 is 4.90 Å². The van der Waals surface area contributed by atoms with Crippen molar-refractivity contribution in [3.63, 3.8) is 0 Å². The van der Waals surface area contributed by atoms with Gasteiger partial charge in [0, 0.05) is 37.8 Å². The number of carbonyl (C=O) groups excluding carboxylic acids is 1. The Bertz CT molecular complexity index is 445. The van der Waals surface area contributed by atoms with Crippen molar-refractivity contribution in [1.29, 1.82) is 0 Å². The smallest absolute Gasteiger partial charge is 0.372 e. The van der Waals surface area contributed by atoms with Gasteiger partial charge in [-0.3, -0.25) is 4.79 Å². The first-order chi connectivity index (χ1) is 9.96. The van der Waals surface area contributed by atoms with Crippen LogP contribution in [0.5, 0.6) is 0 Å². The highest BCUT2D eigenvalue weighted by Crippen LogP contribution is 2.19. The molecule has 1 amide bonds. The van der Waals surface area contributed by atoms with Crippen LogP contribution in [0.15, 0.2) is 11.6 Å². The summed E-state index contributed by atoms with van der Waals surface area (Å²) in [6.45, 7) is 0.962. The second-order valence-electron chi connectivity index (χ2n) is 4.60. The maximum atomic E-state index is 11.9. The van der Waals surface area contributed by atoms with E-state index in [0.29, 0.717) is 26.2 Å². The quantitative estimate of drug-likeness (QED) is 0.775. The molecule has 0 atom stereocenters. The van der Waals surface area contributed by atoms with Gasteiger partial charge in [0.05, 0.1) is 13.0 Å². The van der Waals surface area contributed by atoms with Gasteiger partial charge in [-0.2, -0.15) is 13.2 Å². The molecular weight excluding hydrogens is 307 g/mol. The molecule has 0 radical (unpaired) electrons. The van der Waals surface area contributed by atoms with E-state index >= 15 is 0 Å². The highest BCUT2D eigenvalue weighted by molar-refractivity contribution is 7.13. The van der Waals surface area contributed by atoms with E-state index in [4.69, 9.17) is 0 Å². The number of amides is 1. The van der Waals surface area contributed by atoms with Crippen molar-refractivity contribution in [3.05, 3.63) is 11.6 Å². The highest BCUT2D eigenvalue weighted by atomic mass is 32.1. The molecule has 1 aromatic heterocycles. The number of hydrogen-bond donors (Lipinski definition) is 0. The van der Waals surface area contributed by atoms with E-state index in [0.717, 1.165) is 5.13 Å². The molecule has 1 fully saturated rings. The summed E-state index contributed by atoms with van der Waals surface area (Å²) in [6, 6.07) is 0. The lowest BCUT2D eigenvalue weighted by Gasteiger charge is -2.34. The lowest BCUT2D eigenvalue weighted by Crippen LogP contribution is -2.49. The normalized spacial score (nSPS) is 16.3. The first kappa shape index (κ1) is 16.0. The molecule has 5 nitrogen and oxygen atoms in total. The summed E-state index contributed by atoms with van der Waals surface area (Å²) in [5, 5.41) is 2.82. The molecule has 0 aromatic carbocycles. The Morgan fingerprint density at radius 3 is 2.62 bits per heavy atom. The van der Waals surface area contributed by atoms with Crippen LogP contribution in [-0.4, -0.2) is 61.4 Å². The summed E-state index contributed by atoms with van der Waals surface area (Å²) in [5.41, 5.74) is 0. The molecule has 1 aromatic rings. The van der Waals surface area contributed by atoms with Gasteiger partial charge in [0.2, 0.25) is 5.91 Å². The van der Waals surface area contributed by atoms with Gasteiger partial charge in [-0.25, -0.2) is 4.98 Å². The maximum absolute atomic E-state index is 11.9. The summed E-state index contributed by atoms with van der Waals surface area (Å²) < 4.78 is 40.1.